The van der Waals surface area contributed by atoms with Gasteiger partial charge in [0.25, 0.3) is 0 Å². The molecule has 0 aliphatic carbocycles. The predicted octanol–water partition coefficient (Wildman–Crippen LogP) is 3.20. The number of rotatable bonds is 4. The summed E-state index contributed by atoms with van der Waals surface area (Å²) in [5, 5.41) is 9.40. The lowest BCUT2D eigenvalue weighted by molar-refractivity contribution is 0.281. The Bertz CT molecular complexity index is 371. The first-order chi connectivity index (χ1) is 8.24. The van der Waals surface area contributed by atoms with Crippen molar-refractivity contribution in [2.24, 2.45) is 5.41 Å². The topological polar surface area (TPSA) is 23.5 Å². The largest absolute Gasteiger partial charge is 0.392 e. The third-order valence-corrected chi connectivity index (χ3v) is 4.44. The van der Waals surface area contributed by atoms with E-state index in [1.807, 2.05) is 12.1 Å². The maximum Gasteiger partial charge on any atom is 0.0702 e. The van der Waals surface area contributed by atoms with E-state index in [1.54, 1.807) is 0 Å². The lowest BCUT2D eigenvalue weighted by Gasteiger charge is -2.28. The molecule has 1 aromatic carbocycles. The molecule has 0 aromatic heterocycles. The van der Waals surface area contributed by atoms with Crippen molar-refractivity contribution in [2.75, 3.05) is 18.0 Å². The standard InChI is InChI=1S/C15H23NO/c1-3-15(4-2)9-10-16(12-15)14-8-6-5-7-13(14)11-17/h5-8,17H,3-4,9-12H2,1-2H3. The van der Waals surface area contributed by atoms with Gasteiger partial charge in [-0.05, 0) is 30.7 Å². The molecule has 0 unspecified atom stereocenters. The summed E-state index contributed by atoms with van der Waals surface area (Å²) in [7, 11) is 0. The van der Waals surface area contributed by atoms with E-state index in [2.05, 4.69) is 30.9 Å². The Hall–Kier alpha value is -1.02. The monoisotopic (exact) mass is 233 g/mol. The summed E-state index contributed by atoms with van der Waals surface area (Å²) in [4.78, 5) is 2.44. The van der Waals surface area contributed by atoms with Gasteiger partial charge in [0, 0.05) is 24.3 Å². The van der Waals surface area contributed by atoms with E-state index in [-0.39, 0.29) is 6.61 Å². The summed E-state index contributed by atoms with van der Waals surface area (Å²) >= 11 is 0. The molecule has 1 N–H and O–H groups in total. The number of para-hydroxylation sites is 1. The second-order valence-corrected chi connectivity index (χ2v) is 5.17. The highest BCUT2D eigenvalue weighted by molar-refractivity contribution is 5.54. The van der Waals surface area contributed by atoms with Crippen LogP contribution in [0.5, 0.6) is 0 Å². The molecule has 1 aromatic rings. The van der Waals surface area contributed by atoms with E-state index in [0.29, 0.717) is 5.41 Å². The predicted molar refractivity (Wildman–Crippen MR) is 72.2 cm³/mol. The van der Waals surface area contributed by atoms with Gasteiger partial charge >= 0.3 is 0 Å². The average molecular weight is 233 g/mol. The molecular weight excluding hydrogens is 210 g/mol. The maximum atomic E-state index is 9.40. The quantitative estimate of drug-likeness (QED) is 0.863. The molecule has 1 aliphatic heterocycles. The Kier molecular flexibility index (Phi) is 3.72. The smallest absolute Gasteiger partial charge is 0.0702 e. The summed E-state index contributed by atoms with van der Waals surface area (Å²) in [6, 6.07) is 8.21. The molecule has 1 fully saturated rings. The van der Waals surface area contributed by atoms with E-state index < -0.39 is 0 Å². The molecule has 1 heterocycles. The fraction of sp³-hybridized carbons (Fsp3) is 0.600. The van der Waals surface area contributed by atoms with Crippen molar-refractivity contribution < 1.29 is 5.11 Å². The Morgan fingerprint density at radius 2 is 1.94 bits per heavy atom. The number of anilines is 1. The zero-order chi connectivity index (χ0) is 12.3. The van der Waals surface area contributed by atoms with E-state index in [0.717, 1.165) is 18.7 Å². The zero-order valence-corrected chi connectivity index (χ0v) is 10.9. The van der Waals surface area contributed by atoms with Gasteiger partial charge in [-0.2, -0.15) is 0 Å². The Morgan fingerprint density at radius 3 is 2.53 bits per heavy atom. The minimum Gasteiger partial charge on any atom is -0.392 e. The number of hydrogen-bond acceptors (Lipinski definition) is 2. The molecule has 0 radical (unpaired) electrons. The van der Waals surface area contributed by atoms with Gasteiger partial charge in [-0.25, -0.2) is 0 Å². The summed E-state index contributed by atoms with van der Waals surface area (Å²) in [5.41, 5.74) is 2.76. The minimum absolute atomic E-state index is 0.137. The second kappa shape index (κ2) is 5.09. The zero-order valence-electron chi connectivity index (χ0n) is 10.9. The summed E-state index contributed by atoms with van der Waals surface area (Å²) in [6.07, 6.45) is 3.78. The summed E-state index contributed by atoms with van der Waals surface area (Å²) in [5.74, 6) is 0. The number of hydrogen-bond donors (Lipinski definition) is 1. The maximum absolute atomic E-state index is 9.40. The van der Waals surface area contributed by atoms with Crippen LogP contribution >= 0.6 is 0 Å². The third kappa shape index (κ3) is 2.32. The van der Waals surface area contributed by atoms with Crippen molar-refractivity contribution in [3.63, 3.8) is 0 Å². The first-order valence-electron chi connectivity index (χ1n) is 6.68. The molecule has 17 heavy (non-hydrogen) atoms. The summed E-state index contributed by atoms with van der Waals surface area (Å²) < 4.78 is 0. The van der Waals surface area contributed by atoms with Gasteiger partial charge in [0.2, 0.25) is 0 Å². The van der Waals surface area contributed by atoms with E-state index >= 15 is 0 Å². The second-order valence-electron chi connectivity index (χ2n) is 5.17. The fourth-order valence-corrected chi connectivity index (χ4v) is 2.92. The molecule has 0 spiro atoms. The van der Waals surface area contributed by atoms with Crippen molar-refractivity contribution >= 4 is 5.69 Å². The van der Waals surface area contributed by atoms with Crippen molar-refractivity contribution in [1.29, 1.82) is 0 Å². The van der Waals surface area contributed by atoms with E-state index in [1.165, 1.54) is 24.9 Å². The van der Waals surface area contributed by atoms with Gasteiger partial charge in [-0.1, -0.05) is 32.0 Å². The normalized spacial score (nSPS) is 18.6. The van der Waals surface area contributed by atoms with Crippen molar-refractivity contribution in [3.05, 3.63) is 29.8 Å². The van der Waals surface area contributed by atoms with E-state index in [9.17, 15) is 5.11 Å². The van der Waals surface area contributed by atoms with Crippen molar-refractivity contribution in [2.45, 2.75) is 39.7 Å². The molecule has 2 nitrogen and oxygen atoms in total. The minimum atomic E-state index is 0.137. The summed E-state index contributed by atoms with van der Waals surface area (Å²) in [6.45, 7) is 6.99. The fourth-order valence-electron chi connectivity index (χ4n) is 2.92. The van der Waals surface area contributed by atoms with Gasteiger partial charge in [0.15, 0.2) is 0 Å². The molecule has 2 rings (SSSR count). The van der Waals surface area contributed by atoms with Crippen LogP contribution in [0.4, 0.5) is 5.69 Å². The van der Waals surface area contributed by atoms with Crippen LogP contribution in [0, 0.1) is 5.41 Å². The molecular formula is C15H23NO. The number of aliphatic hydroxyl groups excluding tert-OH is 1. The average Bonchev–Trinajstić information content (AvgIpc) is 2.83. The Balaban J connectivity index is 2.20. The van der Waals surface area contributed by atoms with Gasteiger partial charge in [-0.15, -0.1) is 0 Å². The highest BCUT2D eigenvalue weighted by Crippen LogP contribution is 2.39. The number of aliphatic hydroxyl groups is 1. The van der Waals surface area contributed by atoms with Gasteiger partial charge in [-0.3, -0.25) is 0 Å². The number of benzene rings is 1. The lowest BCUT2D eigenvalue weighted by Crippen LogP contribution is -2.26. The Labute approximate surface area is 104 Å². The first kappa shape index (κ1) is 12.4. The molecule has 0 atom stereocenters. The molecule has 0 amide bonds. The van der Waals surface area contributed by atoms with Gasteiger partial charge in [0.05, 0.1) is 6.61 Å². The highest BCUT2D eigenvalue weighted by atomic mass is 16.3. The SMILES string of the molecule is CCC1(CC)CCN(c2ccccc2CO)C1. The van der Waals surface area contributed by atoms with Gasteiger partial charge in [0.1, 0.15) is 0 Å². The van der Waals surface area contributed by atoms with Gasteiger partial charge < -0.3 is 10.0 Å². The molecule has 94 valence electrons. The first-order valence-corrected chi connectivity index (χ1v) is 6.68. The molecule has 1 saturated heterocycles. The van der Waals surface area contributed by atoms with Crippen molar-refractivity contribution in [1.82, 2.24) is 0 Å². The van der Waals surface area contributed by atoms with Crippen LogP contribution in [-0.2, 0) is 6.61 Å². The van der Waals surface area contributed by atoms with Crippen LogP contribution in [-0.4, -0.2) is 18.2 Å². The van der Waals surface area contributed by atoms with Crippen LogP contribution in [0.1, 0.15) is 38.7 Å². The molecule has 0 saturated carbocycles. The highest BCUT2D eigenvalue weighted by Gasteiger charge is 2.35. The molecule has 1 aliphatic rings. The lowest BCUT2D eigenvalue weighted by atomic mass is 9.82. The van der Waals surface area contributed by atoms with Crippen LogP contribution < -0.4 is 4.90 Å². The van der Waals surface area contributed by atoms with E-state index in [4.69, 9.17) is 0 Å². The molecule has 2 heteroatoms. The van der Waals surface area contributed by atoms with Crippen LogP contribution in [0.15, 0.2) is 24.3 Å². The van der Waals surface area contributed by atoms with Crippen LogP contribution in [0.25, 0.3) is 0 Å². The number of nitrogens with zero attached hydrogens (tertiary/aromatic N) is 1. The van der Waals surface area contributed by atoms with Crippen LogP contribution in [0.3, 0.4) is 0 Å². The van der Waals surface area contributed by atoms with Crippen LogP contribution in [0.2, 0.25) is 0 Å². The Morgan fingerprint density at radius 1 is 1.24 bits per heavy atom. The molecule has 0 bridgehead atoms. The van der Waals surface area contributed by atoms with Crippen molar-refractivity contribution in [3.8, 4) is 0 Å². The third-order valence-electron chi connectivity index (χ3n) is 4.44.